The first-order valence-electron chi connectivity index (χ1n) is 10.0. The Bertz CT molecular complexity index is 885. The maximum Gasteiger partial charge on any atom is 0.226 e. The number of nitriles is 1. The molecule has 0 N–H and O–H groups in total. The number of rotatable bonds is 6. The van der Waals surface area contributed by atoms with Crippen molar-refractivity contribution in [1.82, 2.24) is 14.9 Å². The molecule has 0 radical (unpaired) electrons. The third-order valence-electron chi connectivity index (χ3n) is 5.27. The van der Waals surface area contributed by atoms with E-state index in [0.29, 0.717) is 44.2 Å². The summed E-state index contributed by atoms with van der Waals surface area (Å²) < 4.78 is 13.2. The van der Waals surface area contributed by atoms with Gasteiger partial charge in [0, 0.05) is 38.3 Å². The van der Waals surface area contributed by atoms with Crippen molar-refractivity contribution >= 4 is 11.9 Å². The molecule has 1 aromatic heterocycles. The first-order chi connectivity index (χ1) is 14.0. The van der Waals surface area contributed by atoms with Crippen molar-refractivity contribution in [3.05, 3.63) is 53.1 Å². The molecule has 1 amide bonds. The van der Waals surface area contributed by atoms with E-state index < -0.39 is 0 Å². The number of aryl methyl sites for hydroxylation is 1. The smallest absolute Gasteiger partial charge is 0.226 e. The fraction of sp³-hybridized carbons (Fsp3) is 0.455. The Kier molecular flexibility index (Phi) is 6.76. The van der Waals surface area contributed by atoms with E-state index >= 15 is 0 Å². The van der Waals surface area contributed by atoms with Crippen LogP contribution in [0.3, 0.4) is 0 Å². The Hall–Kier alpha value is -3.01. The monoisotopic (exact) mass is 395 g/mol. The topological polar surface area (TPSA) is 73.1 Å². The van der Waals surface area contributed by atoms with Gasteiger partial charge in [-0.2, -0.15) is 5.26 Å². The third kappa shape index (κ3) is 5.29. The average molecular weight is 395 g/mol. The Labute approximate surface area is 171 Å². The molecule has 1 aromatic carbocycles. The minimum absolute atomic E-state index is 0.101. The van der Waals surface area contributed by atoms with E-state index in [1.165, 1.54) is 12.1 Å². The van der Waals surface area contributed by atoms with Gasteiger partial charge in [0.15, 0.2) is 0 Å². The highest BCUT2D eigenvalue weighted by Crippen LogP contribution is 2.26. The van der Waals surface area contributed by atoms with Gasteiger partial charge in [-0.25, -0.2) is 14.4 Å². The summed E-state index contributed by atoms with van der Waals surface area (Å²) in [5.74, 6) is 0.507. The number of hydrogen-bond acceptors (Lipinski definition) is 5. The van der Waals surface area contributed by atoms with Gasteiger partial charge in [0.25, 0.3) is 0 Å². The van der Waals surface area contributed by atoms with E-state index in [1.54, 1.807) is 18.2 Å². The van der Waals surface area contributed by atoms with Crippen LogP contribution in [0.1, 0.15) is 49.1 Å². The largest absolute Gasteiger partial charge is 0.339 e. The minimum Gasteiger partial charge on any atom is -0.339 e. The van der Waals surface area contributed by atoms with Crippen LogP contribution in [-0.4, -0.2) is 47.0 Å². The summed E-state index contributed by atoms with van der Waals surface area (Å²) in [6, 6.07) is 10.2. The van der Waals surface area contributed by atoms with Gasteiger partial charge >= 0.3 is 0 Å². The van der Waals surface area contributed by atoms with Gasteiger partial charge in [-0.15, -0.1) is 0 Å². The quantitative estimate of drug-likeness (QED) is 0.749. The molecule has 2 aromatic rings. The number of aromatic nitrogens is 2. The van der Waals surface area contributed by atoms with Crippen LogP contribution in [0.4, 0.5) is 10.3 Å². The van der Waals surface area contributed by atoms with E-state index in [4.69, 9.17) is 5.26 Å². The lowest BCUT2D eigenvalue weighted by atomic mass is 9.91. The Morgan fingerprint density at radius 1 is 1.21 bits per heavy atom. The summed E-state index contributed by atoms with van der Waals surface area (Å²) in [6.07, 6.45) is 2.29. The third-order valence-corrected chi connectivity index (χ3v) is 5.27. The predicted molar refractivity (Wildman–Crippen MR) is 109 cm³/mol. The first kappa shape index (κ1) is 20.7. The summed E-state index contributed by atoms with van der Waals surface area (Å²) in [4.78, 5) is 25.5. The molecule has 1 aliphatic rings. The lowest BCUT2D eigenvalue weighted by Gasteiger charge is -2.35. The molecule has 2 heterocycles. The van der Waals surface area contributed by atoms with Crippen LogP contribution in [-0.2, 0) is 4.79 Å². The SMILES string of the molecule is CCCC(CC(=O)N1CCN(c2nc(C)cc(C#N)n2)CC1)c1ccc(F)cc1. The van der Waals surface area contributed by atoms with Crippen molar-refractivity contribution in [2.45, 2.75) is 39.0 Å². The molecule has 1 unspecified atom stereocenters. The van der Waals surface area contributed by atoms with Gasteiger partial charge in [0.2, 0.25) is 11.9 Å². The Morgan fingerprint density at radius 3 is 2.52 bits per heavy atom. The van der Waals surface area contributed by atoms with Crippen molar-refractivity contribution < 1.29 is 9.18 Å². The highest BCUT2D eigenvalue weighted by Gasteiger charge is 2.25. The summed E-state index contributed by atoms with van der Waals surface area (Å²) in [7, 11) is 0. The molecule has 1 atom stereocenters. The zero-order valence-electron chi connectivity index (χ0n) is 16.9. The second-order valence-electron chi connectivity index (χ2n) is 7.42. The molecule has 0 bridgehead atoms. The van der Waals surface area contributed by atoms with Crippen molar-refractivity contribution in [1.29, 1.82) is 5.26 Å². The van der Waals surface area contributed by atoms with Crippen LogP contribution in [0.25, 0.3) is 0 Å². The molecule has 152 valence electrons. The van der Waals surface area contributed by atoms with Crippen LogP contribution in [0.15, 0.2) is 30.3 Å². The number of anilines is 1. The number of amides is 1. The molecule has 7 heteroatoms. The summed E-state index contributed by atoms with van der Waals surface area (Å²) >= 11 is 0. The molecule has 1 saturated heterocycles. The summed E-state index contributed by atoms with van der Waals surface area (Å²) in [5, 5.41) is 9.10. The number of piperazine rings is 1. The zero-order chi connectivity index (χ0) is 20.8. The first-order valence-corrected chi connectivity index (χ1v) is 10.0. The number of nitrogens with zero attached hydrogens (tertiary/aromatic N) is 5. The fourth-order valence-electron chi connectivity index (χ4n) is 3.72. The standard InChI is InChI=1S/C22H26FN5O/c1-3-4-18(17-5-7-19(23)8-6-17)14-21(29)27-9-11-28(12-10-27)22-25-16(2)13-20(15-24)26-22/h5-8,13,18H,3-4,9-12,14H2,1-2H3. The molecule has 1 aliphatic heterocycles. The Balaban J connectivity index is 1.61. The van der Waals surface area contributed by atoms with E-state index in [0.717, 1.165) is 24.1 Å². The molecule has 0 spiro atoms. The molecule has 3 rings (SSSR count). The molecular formula is C22H26FN5O. The molecule has 6 nitrogen and oxygen atoms in total. The molecule has 1 fully saturated rings. The minimum atomic E-state index is -0.260. The van der Waals surface area contributed by atoms with Crippen LogP contribution >= 0.6 is 0 Å². The normalized spacial score (nSPS) is 15.1. The van der Waals surface area contributed by atoms with E-state index in [2.05, 4.69) is 23.0 Å². The van der Waals surface area contributed by atoms with Crippen LogP contribution in [0, 0.1) is 24.1 Å². The zero-order valence-corrected chi connectivity index (χ0v) is 16.9. The highest BCUT2D eigenvalue weighted by molar-refractivity contribution is 5.77. The van der Waals surface area contributed by atoms with Gasteiger partial charge < -0.3 is 9.80 Å². The van der Waals surface area contributed by atoms with Crippen LogP contribution in [0.2, 0.25) is 0 Å². The van der Waals surface area contributed by atoms with E-state index in [9.17, 15) is 9.18 Å². The van der Waals surface area contributed by atoms with Crippen molar-refractivity contribution in [2.24, 2.45) is 0 Å². The fourth-order valence-corrected chi connectivity index (χ4v) is 3.72. The Morgan fingerprint density at radius 2 is 1.90 bits per heavy atom. The second-order valence-corrected chi connectivity index (χ2v) is 7.42. The molecule has 29 heavy (non-hydrogen) atoms. The maximum atomic E-state index is 13.2. The number of carbonyl (C=O) groups excluding carboxylic acids is 1. The van der Waals surface area contributed by atoms with Gasteiger partial charge in [-0.3, -0.25) is 4.79 Å². The summed E-state index contributed by atoms with van der Waals surface area (Å²) in [6.45, 7) is 6.40. The summed E-state index contributed by atoms with van der Waals surface area (Å²) in [5.41, 5.74) is 2.12. The highest BCUT2D eigenvalue weighted by atomic mass is 19.1. The van der Waals surface area contributed by atoms with Gasteiger partial charge in [-0.05, 0) is 43.0 Å². The van der Waals surface area contributed by atoms with E-state index in [1.807, 2.05) is 16.7 Å². The number of halogens is 1. The second kappa shape index (κ2) is 9.46. The lowest BCUT2D eigenvalue weighted by Crippen LogP contribution is -2.49. The van der Waals surface area contributed by atoms with Gasteiger partial charge in [0.1, 0.15) is 17.6 Å². The van der Waals surface area contributed by atoms with Crippen LogP contribution < -0.4 is 4.90 Å². The maximum absolute atomic E-state index is 13.2. The van der Waals surface area contributed by atoms with E-state index in [-0.39, 0.29) is 17.6 Å². The molecule has 0 saturated carbocycles. The molecular weight excluding hydrogens is 369 g/mol. The van der Waals surface area contributed by atoms with Gasteiger partial charge in [0.05, 0.1) is 0 Å². The van der Waals surface area contributed by atoms with Gasteiger partial charge in [-0.1, -0.05) is 25.5 Å². The van der Waals surface area contributed by atoms with Crippen LogP contribution in [0.5, 0.6) is 0 Å². The number of benzene rings is 1. The molecule has 0 aliphatic carbocycles. The predicted octanol–water partition coefficient (Wildman–Crippen LogP) is 3.42. The van der Waals surface area contributed by atoms with Crippen molar-refractivity contribution in [3.8, 4) is 6.07 Å². The van der Waals surface area contributed by atoms with Crippen molar-refractivity contribution in [3.63, 3.8) is 0 Å². The number of hydrogen-bond donors (Lipinski definition) is 0. The lowest BCUT2D eigenvalue weighted by molar-refractivity contribution is -0.132. The average Bonchev–Trinajstić information content (AvgIpc) is 2.73. The number of carbonyl (C=O) groups is 1. The van der Waals surface area contributed by atoms with Crippen molar-refractivity contribution in [2.75, 3.05) is 31.1 Å².